The maximum atomic E-state index is 13.4. The molecule has 0 spiro atoms. The van der Waals surface area contributed by atoms with E-state index in [4.69, 9.17) is 9.72 Å². The van der Waals surface area contributed by atoms with Gasteiger partial charge in [0.15, 0.2) is 0 Å². The van der Waals surface area contributed by atoms with E-state index in [0.29, 0.717) is 18.9 Å². The molecule has 1 atom stereocenters. The fourth-order valence-electron chi connectivity index (χ4n) is 4.34. The van der Waals surface area contributed by atoms with Crippen LogP contribution in [0, 0.1) is 6.92 Å². The van der Waals surface area contributed by atoms with Crippen molar-refractivity contribution in [2.45, 2.75) is 45.2 Å². The molecule has 1 fully saturated rings. The first-order valence-corrected chi connectivity index (χ1v) is 11.4. The molecular formula is C25H32N6O2. The number of aryl methyl sites for hydroxylation is 2. The number of nitrogens with zero attached hydrogens (tertiary/aromatic N) is 6. The van der Waals surface area contributed by atoms with Crippen LogP contribution in [0.4, 0.5) is 5.95 Å². The predicted octanol–water partition coefficient (Wildman–Crippen LogP) is 3.87. The number of aromatic nitrogens is 4. The quantitative estimate of drug-likeness (QED) is 0.546. The summed E-state index contributed by atoms with van der Waals surface area (Å²) in [5.41, 5.74) is 3.94. The second kappa shape index (κ2) is 10.0. The van der Waals surface area contributed by atoms with E-state index < -0.39 is 0 Å². The standard InChI is InChI=1S/C25H32N6O2/c1-18-12-14-27-31(18)16-13-23(32)30-15-6-5-7-22(30)24-21(17-26-25(28-24)29(2)3)19-8-10-20(33-4)11-9-19/h8-12,14,17,22H,5-7,13,15-16H2,1-4H3. The maximum absolute atomic E-state index is 13.4. The van der Waals surface area contributed by atoms with Gasteiger partial charge in [0, 0.05) is 57.3 Å². The van der Waals surface area contributed by atoms with Gasteiger partial charge in [-0.15, -0.1) is 0 Å². The summed E-state index contributed by atoms with van der Waals surface area (Å²) in [5, 5.41) is 4.32. The Morgan fingerprint density at radius 3 is 2.64 bits per heavy atom. The lowest BCUT2D eigenvalue weighted by Crippen LogP contribution is -2.39. The summed E-state index contributed by atoms with van der Waals surface area (Å²) < 4.78 is 7.20. The Morgan fingerprint density at radius 2 is 1.97 bits per heavy atom. The summed E-state index contributed by atoms with van der Waals surface area (Å²) in [7, 11) is 5.52. The number of rotatable bonds is 7. The molecule has 4 rings (SSSR count). The first-order chi connectivity index (χ1) is 16.0. The molecule has 0 saturated carbocycles. The summed E-state index contributed by atoms with van der Waals surface area (Å²) >= 11 is 0. The van der Waals surface area contributed by atoms with E-state index >= 15 is 0 Å². The van der Waals surface area contributed by atoms with Gasteiger partial charge in [0.1, 0.15) is 5.75 Å². The maximum Gasteiger partial charge on any atom is 0.225 e. The van der Waals surface area contributed by atoms with Crippen molar-refractivity contribution in [2.75, 3.05) is 32.6 Å². The van der Waals surface area contributed by atoms with Gasteiger partial charge >= 0.3 is 0 Å². The molecule has 1 aromatic carbocycles. The number of hydrogen-bond donors (Lipinski definition) is 0. The summed E-state index contributed by atoms with van der Waals surface area (Å²) in [4.78, 5) is 26.8. The molecule has 0 N–H and O–H groups in total. The van der Waals surface area contributed by atoms with Gasteiger partial charge in [0.2, 0.25) is 11.9 Å². The molecule has 1 unspecified atom stereocenters. The fourth-order valence-corrected chi connectivity index (χ4v) is 4.34. The molecule has 3 heterocycles. The van der Waals surface area contributed by atoms with Crippen molar-refractivity contribution >= 4 is 11.9 Å². The molecule has 1 aliphatic rings. The van der Waals surface area contributed by atoms with Crippen LogP contribution < -0.4 is 9.64 Å². The molecule has 8 nitrogen and oxygen atoms in total. The highest BCUT2D eigenvalue weighted by atomic mass is 16.5. The zero-order valence-corrected chi connectivity index (χ0v) is 19.9. The molecule has 3 aromatic rings. The van der Waals surface area contributed by atoms with Crippen molar-refractivity contribution in [2.24, 2.45) is 0 Å². The van der Waals surface area contributed by atoms with E-state index in [1.165, 1.54) is 0 Å². The van der Waals surface area contributed by atoms with Gasteiger partial charge < -0.3 is 14.5 Å². The van der Waals surface area contributed by atoms with E-state index in [2.05, 4.69) is 10.1 Å². The normalized spacial score (nSPS) is 16.0. The Labute approximate surface area is 195 Å². The van der Waals surface area contributed by atoms with Crippen molar-refractivity contribution < 1.29 is 9.53 Å². The summed E-state index contributed by atoms with van der Waals surface area (Å²) in [6.45, 7) is 3.33. The number of amides is 1. The average molecular weight is 449 g/mol. The number of hydrogen-bond acceptors (Lipinski definition) is 6. The van der Waals surface area contributed by atoms with Crippen molar-refractivity contribution in [3.05, 3.63) is 54.1 Å². The zero-order chi connectivity index (χ0) is 23.4. The molecule has 0 radical (unpaired) electrons. The molecule has 174 valence electrons. The smallest absolute Gasteiger partial charge is 0.225 e. The lowest BCUT2D eigenvalue weighted by molar-refractivity contribution is -0.135. The van der Waals surface area contributed by atoms with Gasteiger partial charge in [-0.3, -0.25) is 9.48 Å². The Kier molecular flexibility index (Phi) is 6.91. The summed E-state index contributed by atoms with van der Waals surface area (Å²) in [5.74, 6) is 1.59. The van der Waals surface area contributed by atoms with Crippen LogP contribution in [-0.2, 0) is 11.3 Å². The van der Waals surface area contributed by atoms with Gasteiger partial charge in [0.25, 0.3) is 0 Å². The highest BCUT2D eigenvalue weighted by Crippen LogP contribution is 2.37. The molecule has 2 aromatic heterocycles. The van der Waals surface area contributed by atoms with Crippen molar-refractivity contribution in [1.82, 2.24) is 24.6 Å². The summed E-state index contributed by atoms with van der Waals surface area (Å²) in [6.07, 6.45) is 7.03. The number of ether oxygens (including phenoxy) is 1. The number of anilines is 1. The van der Waals surface area contributed by atoms with Crippen LogP contribution in [0.1, 0.15) is 43.1 Å². The highest BCUT2D eigenvalue weighted by molar-refractivity contribution is 5.77. The van der Waals surface area contributed by atoms with Crippen LogP contribution in [0.3, 0.4) is 0 Å². The molecule has 1 aliphatic heterocycles. The van der Waals surface area contributed by atoms with Crippen LogP contribution in [0.15, 0.2) is 42.7 Å². The van der Waals surface area contributed by atoms with E-state index in [1.807, 2.05) is 72.0 Å². The van der Waals surface area contributed by atoms with Crippen LogP contribution in [0.25, 0.3) is 11.1 Å². The van der Waals surface area contributed by atoms with E-state index in [9.17, 15) is 4.79 Å². The minimum Gasteiger partial charge on any atom is -0.497 e. The monoisotopic (exact) mass is 448 g/mol. The fraction of sp³-hybridized carbons (Fsp3) is 0.440. The highest BCUT2D eigenvalue weighted by Gasteiger charge is 2.31. The topological polar surface area (TPSA) is 76.4 Å². The minimum absolute atomic E-state index is 0.0798. The molecule has 0 bridgehead atoms. The van der Waals surface area contributed by atoms with Gasteiger partial charge in [-0.05, 0) is 49.9 Å². The SMILES string of the molecule is COc1ccc(-c2cnc(N(C)C)nc2C2CCCCN2C(=O)CCn2nccc2C)cc1. The van der Waals surface area contributed by atoms with Crippen LogP contribution in [-0.4, -0.2) is 58.3 Å². The van der Waals surface area contributed by atoms with E-state index in [0.717, 1.165) is 54.1 Å². The molecule has 0 aliphatic carbocycles. The van der Waals surface area contributed by atoms with E-state index in [-0.39, 0.29) is 11.9 Å². The van der Waals surface area contributed by atoms with Crippen LogP contribution >= 0.6 is 0 Å². The minimum atomic E-state index is -0.0798. The van der Waals surface area contributed by atoms with Crippen LogP contribution in [0.2, 0.25) is 0 Å². The average Bonchev–Trinajstić information content (AvgIpc) is 3.26. The number of carbonyl (C=O) groups excluding carboxylic acids is 1. The number of piperidine rings is 1. The van der Waals surface area contributed by atoms with Gasteiger partial charge in [-0.2, -0.15) is 5.10 Å². The van der Waals surface area contributed by atoms with Crippen molar-refractivity contribution in [1.29, 1.82) is 0 Å². The van der Waals surface area contributed by atoms with Gasteiger partial charge in [-0.25, -0.2) is 9.97 Å². The summed E-state index contributed by atoms with van der Waals surface area (Å²) in [6, 6.07) is 9.80. The number of benzene rings is 1. The second-order valence-corrected chi connectivity index (χ2v) is 8.64. The molecule has 1 amide bonds. The van der Waals surface area contributed by atoms with Crippen LogP contribution in [0.5, 0.6) is 5.75 Å². The number of likely N-dealkylation sites (tertiary alicyclic amines) is 1. The first kappa shape index (κ1) is 22.8. The Morgan fingerprint density at radius 1 is 1.18 bits per heavy atom. The lowest BCUT2D eigenvalue weighted by Gasteiger charge is -2.36. The third-order valence-electron chi connectivity index (χ3n) is 6.21. The number of carbonyl (C=O) groups is 1. The molecule has 33 heavy (non-hydrogen) atoms. The third-order valence-corrected chi connectivity index (χ3v) is 6.21. The number of methoxy groups -OCH3 is 1. The van der Waals surface area contributed by atoms with Crippen molar-refractivity contribution in [3.8, 4) is 16.9 Å². The van der Waals surface area contributed by atoms with Gasteiger partial charge in [0.05, 0.1) is 18.8 Å². The van der Waals surface area contributed by atoms with Gasteiger partial charge in [-0.1, -0.05) is 12.1 Å². The molecular weight excluding hydrogens is 416 g/mol. The second-order valence-electron chi connectivity index (χ2n) is 8.64. The largest absolute Gasteiger partial charge is 0.497 e. The molecule has 8 heteroatoms. The third kappa shape index (κ3) is 4.99. The van der Waals surface area contributed by atoms with E-state index in [1.54, 1.807) is 13.3 Å². The van der Waals surface area contributed by atoms with Crippen molar-refractivity contribution in [3.63, 3.8) is 0 Å². The molecule has 1 saturated heterocycles. The Hall–Kier alpha value is -3.42. The zero-order valence-electron chi connectivity index (χ0n) is 19.9. The predicted molar refractivity (Wildman–Crippen MR) is 128 cm³/mol. The lowest BCUT2D eigenvalue weighted by atomic mass is 9.93. The Balaban J connectivity index is 1.66. The Bertz CT molecular complexity index is 1090. The first-order valence-electron chi connectivity index (χ1n) is 11.4.